The molecule has 0 amide bonds. The molecule has 30 heavy (non-hydrogen) atoms. The molecule has 4 aromatic carbocycles. The first-order valence-electron chi connectivity index (χ1n) is 10.4. The van der Waals surface area contributed by atoms with Gasteiger partial charge in [0, 0.05) is 0 Å². The Morgan fingerprint density at radius 2 is 0.600 bits per heavy atom. The summed E-state index contributed by atoms with van der Waals surface area (Å²) in [5.41, 5.74) is 4.89. The molecule has 0 aromatic heterocycles. The van der Waals surface area contributed by atoms with Crippen molar-refractivity contribution >= 4 is 38.4 Å². The van der Waals surface area contributed by atoms with Crippen molar-refractivity contribution in [3.05, 3.63) is 119 Å². The molecule has 0 heterocycles. The van der Waals surface area contributed by atoms with Crippen molar-refractivity contribution in [2.75, 3.05) is 0 Å². The Hall–Kier alpha value is -2.40. The standard InChI is InChI=1S/C28H28ClP/c1-21-13-5-9-17-25(21)30(29,26-18-10-6-14-22(26)2,27-19-11-7-15-23(27)3)28-20-12-8-16-24(28)4/h5-20H,1-4H3. The zero-order valence-corrected chi connectivity index (χ0v) is 19.7. The van der Waals surface area contributed by atoms with Gasteiger partial charge in [-0.05, 0) is 0 Å². The van der Waals surface area contributed by atoms with Crippen molar-refractivity contribution in [3.63, 3.8) is 0 Å². The predicted molar refractivity (Wildman–Crippen MR) is 136 cm³/mol. The topological polar surface area (TPSA) is 0 Å². The Morgan fingerprint density at radius 3 is 0.800 bits per heavy atom. The number of halogens is 1. The molecule has 0 aliphatic heterocycles. The molecule has 0 N–H and O–H groups in total. The molecule has 2 heteroatoms. The van der Waals surface area contributed by atoms with Crippen LogP contribution in [-0.4, -0.2) is 0 Å². The first-order chi connectivity index (χ1) is 14.4. The van der Waals surface area contributed by atoms with Crippen LogP contribution in [0.15, 0.2) is 97.1 Å². The third-order valence-electron chi connectivity index (χ3n) is 6.27. The quantitative estimate of drug-likeness (QED) is 0.337. The SMILES string of the molecule is Cc1ccccc1P(Cl)(c1ccccc1C)(c1ccccc1C)c1ccccc1C. The second-order valence-electron chi connectivity index (χ2n) is 8.15. The molecule has 0 radical (unpaired) electrons. The van der Waals surface area contributed by atoms with Gasteiger partial charge in [-0.2, -0.15) is 0 Å². The summed E-state index contributed by atoms with van der Waals surface area (Å²) >= 11 is 8.45. The van der Waals surface area contributed by atoms with Crippen LogP contribution >= 0.6 is 17.2 Å². The first-order valence-corrected chi connectivity index (χ1v) is 13.5. The fourth-order valence-electron chi connectivity index (χ4n) is 4.92. The Bertz CT molecular complexity index is 1030. The predicted octanol–water partition coefficient (Wildman–Crippen LogP) is 6.23. The van der Waals surface area contributed by atoms with E-state index >= 15 is 0 Å². The Kier molecular flexibility index (Phi) is 5.35. The van der Waals surface area contributed by atoms with Crippen LogP contribution in [0.2, 0.25) is 0 Å². The van der Waals surface area contributed by atoms with Gasteiger partial charge in [-0.15, -0.1) is 0 Å². The van der Waals surface area contributed by atoms with Gasteiger partial charge in [0.2, 0.25) is 0 Å². The molecule has 152 valence electrons. The Labute approximate surface area is 185 Å². The van der Waals surface area contributed by atoms with Crippen LogP contribution in [0, 0.1) is 27.7 Å². The molecule has 4 rings (SSSR count). The molecule has 0 aliphatic carbocycles. The van der Waals surface area contributed by atoms with E-state index in [9.17, 15) is 0 Å². The molecule has 4 aromatic rings. The average molecular weight is 431 g/mol. The van der Waals surface area contributed by atoms with E-state index in [1.54, 1.807) is 0 Å². The van der Waals surface area contributed by atoms with Crippen molar-refractivity contribution in [3.8, 4) is 0 Å². The van der Waals surface area contributed by atoms with Crippen molar-refractivity contribution in [1.82, 2.24) is 0 Å². The zero-order valence-electron chi connectivity index (χ0n) is 18.1. The van der Waals surface area contributed by atoms with E-state index in [0.29, 0.717) is 0 Å². The van der Waals surface area contributed by atoms with Crippen LogP contribution in [0.1, 0.15) is 22.3 Å². The van der Waals surface area contributed by atoms with E-state index < -0.39 is 5.96 Å². The monoisotopic (exact) mass is 430 g/mol. The summed E-state index contributed by atoms with van der Waals surface area (Å²) in [5, 5.41) is 4.90. The van der Waals surface area contributed by atoms with Gasteiger partial charge >= 0.3 is 185 Å². The number of hydrogen-bond donors (Lipinski definition) is 0. The van der Waals surface area contributed by atoms with E-state index in [4.69, 9.17) is 11.2 Å². The van der Waals surface area contributed by atoms with Crippen LogP contribution in [-0.2, 0) is 0 Å². The second-order valence-corrected chi connectivity index (χ2v) is 14.1. The molecule has 0 bridgehead atoms. The summed E-state index contributed by atoms with van der Waals surface area (Å²) < 4.78 is 0. The van der Waals surface area contributed by atoms with Gasteiger partial charge in [-0.25, -0.2) is 0 Å². The molecule has 0 saturated carbocycles. The van der Waals surface area contributed by atoms with E-state index in [-0.39, 0.29) is 0 Å². The number of aryl methyl sites for hydroxylation is 4. The summed E-state index contributed by atoms with van der Waals surface area (Å²) in [6, 6.07) is 34.6. The van der Waals surface area contributed by atoms with Gasteiger partial charge in [0.05, 0.1) is 0 Å². The van der Waals surface area contributed by atoms with Gasteiger partial charge in [0.25, 0.3) is 0 Å². The van der Waals surface area contributed by atoms with E-state index in [0.717, 1.165) is 0 Å². The molecule has 0 fully saturated rings. The van der Waals surface area contributed by atoms with Crippen molar-refractivity contribution in [1.29, 1.82) is 0 Å². The minimum absolute atomic E-state index is 1.22. The third-order valence-corrected chi connectivity index (χ3v) is 14.1. The zero-order chi connectivity index (χ0) is 21.4. The van der Waals surface area contributed by atoms with Gasteiger partial charge in [-0.3, -0.25) is 0 Å². The Morgan fingerprint density at radius 1 is 0.400 bits per heavy atom. The molecule has 0 atom stereocenters. The maximum absolute atomic E-state index is 8.45. The van der Waals surface area contributed by atoms with Gasteiger partial charge in [0.15, 0.2) is 0 Å². The van der Waals surface area contributed by atoms with Crippen molar-refractivity contribution in [2.24, 2.45) is 0 Å². The van der Waals surface area contributed by atoms with E-state index in [1.165, 1.54) is 43.5 Å². The van der Waals surface area contributed by atoms with Crippen LogP contribution in [0.25, 0.3) is 0 Å². The summed E-state index contributed by atoms with van der Waals surface area (Å²) in [7, 11) is 0. The molecular formula is C28H28ClP. The molecule has 0 unspecified atom stereocenters. The van der Waals surface area contributed by atoms with Crippen LogP contribution in [0.5, 0.6) is 0 Å². The summed E-state index contributed by atoms with van der Waals surface area (Å²) in [5.74, 6) is -3.53. The van der Waals surface area contributed by atoms with Crippen LogP contribution in [0.4, 0.5) is 0 Å². The molecule has 0 saturated heterocycles. The molecule has 0 aliphatic rings. The fourth-order valence-corrected chi connectivity index (χ4v) is 13.2. The van der Waals surface area contributed by atoms with Gasteiger partial charge in [-0.1, -0.05) is 0 Å². The molecular weight excluding hydrogens is 403 g/mol. The van der Waals surface area contributed by atoms with Crippen molar-refractivity contribution < 1.29 is 0 Å². The molecule has 0 nitrogen and oxygen atoms in total. The number of hydrogen-bond acceptors (Lipinski definition) is 0. The Balaban J connectivity index is 2.37. The fraction of sp³-hybridized carbons (Fsp3) is 0.143. The summed E-state index contributed by atoms with van der Waals surface area (Å²) in [6.07, 6.45) is 0. The number of rotatable bonds is 4. The van der Waals surface area contributed by atoms with E-state index in [2.05, 4.69) is 125 Å². The van der Waals surface area contributed by atoms with Crippen LogP contribution < -0.4 is 21.2 Å². The normalized spacial score (nSPS) is 12.9. The van der Waals surface area contributed by atoms with E-state index in [1.807, 2.05) is 0 Å². The maximum atomic E-state index is 8.45. The third kappa shape index (κ3) is 2.86. The minimum atomic E-state index is -3.53. The van der Waals surface area contributed by atoms with Gasteiger partial charge < -0.3 is 0 Å². The molecule has 0 spiro atoms. The van der Waals surface area contributed by atoms with Gasteiger partial charge in [0.1, 0.15) is 0 Å². The summed E-state index contributed by atoms with van der Waals surface area (Å²) in [4.78, 5) is 0. The van der Waals surface area contributed by atoms with Crippen molar-refractivity contribution in [2.45, 2.75) is 27.7 Å². The average Bonchev–Trinajstić information content (AvgIpc) is 2.75. The number of benzene rings is 4. The second kappa shape index (κ2) is 7.69. The van der Waals surface area contributed by atoms with Crippen LogP contribution in [0.3, 0.4) is 0 Å². The first kappa shape index (κ1) is 20.9. The summed E-state index contributed by atoms with van der Waals surface area (Å²) in [6.45, 7) is 8.75.